The average Bonchev–Trinajstić information content (AvgIpc) is 3.10. The van der Waals surface area contributed by atoms with Crippen LogP contribution in [0.25, 0.3) is 38.0 Å². The van der Waals surface area contributed by atoms with Crippen molar-refractivity contribution in [1.29, 1.82) is 0 Å². The first-order valence-electron chi connectivity index (χ1n) is 14.4. The molecule has 0 radical (unpaired) electrons. The van der Waals surface area contributed by atoms with E-state index in [-0.39, 0.29) is 0 Å². The van der Waals surface area contributed by atoms with E-state index in [9.17, 15) is 0 Å². The summed E-state index contributed by atoms with van der Waals surface area (Å²) in [5.74, 6) is 1.66. The van der Waals surface area contributed by atoms with Crippen molar-refractivity contribution in [3.63, 3.8) is 0 Å². The Morgan fingerprint density at radius 3 is 1.19 bits per heavy atom. The monoisotopic (exact) mass is 569 g/mol. The highest BCUT2D eigenvalue weighted by molar-refractivity contribution is 8.16. The molecule has 1 nitrogen and oxygen atoms in total. The number of allylic oxidation sites excluding steroid dienone is 3. The second-order valence-electron chi connectivity index (χ2n) is 10.4. The van der Waals surface area contributed by atoms with Gasteiger partial charge in [0.2, 0.25) is 0 Å². The van der Waals surface area contributed by atoms with E-state index < -0.39 is 0 Å². The first-order valence-corrected chi connectivity index (χ1v) is 15.2. The predicted molar refractivity (Wildman–Crippen MR) is 183 cm³/mol. The maximum absolute atomic E-state index is 6.59. The zero-order valence-electron chi connectivity index (χ0n) is 23.6. The Morgan fingerprint density at radius 1 is 0.395 bits per heavy atom. The quantitative estimate of drug-likeness (QED) is 0.185. The Hall–Kier alpha value is -5.18. The van der Waals surface area contributed by atoms with Gasteiger partial charge in [-0.05, 0) is 64.3 Å². The minimum atomic E-state index is 0.829. The van der Waals surface area contributed by atoms with E-state index in [2.05, 4.69) is 164 Å². The molecule has 0 fully saturated rings. The molecular formula is C41H29OS+. The van der Waals surface area contributed by atoms with Gasteiger partial charge in [0.25, 0.3) is 0 Å². The molecule has 6 aromatic rings. The van der Waals surface area contributed by atoms with Gasteiger partial charge in [-0.3, -0.25) is 0 Å². The molecule has 1 aliphatic rings. The fourth-order valence-electron chi connectivity index (χ4n) is 5.38. The van der Waals surface area contributed by atoms with Gasteiger partial charge in [0, 0.05) is 15.4 Å². The molecule has 0 aliphatic carbocycles. The van der Waals surface area contributed by atoms with E-state index in [1.165, 1.54) is 20.9 Å². The largest absolute Gasteiger partial charge is 0.361 e. The number of thioether (sulfide) groups is 1. The van der Waals surface area contributed by atoms with Crippen molar-refractivity contribution >= 4 is 27.1 Å². The molecule has 5 aromatic carbocycles. The van der Waals surface area contributed by atoms with Crippen LogP contribution in [0.2, 0.25) is 0 Å². The van der Waals surface area contributed by atoms with E-state index >= 15 is 0 Å². The van der Waals surface area contributed by atoms with Crippen molar-refractivity contribution in [2.45, 2.75) is 0 Å². The number of benzene rings is 5. The molecule has 7 rings (SSSR count). The fraction of sp³-hybridized carbons (Fsp3) is 0. The van der Waals surface area contributed by atoms with Crippen molar-refractivity contribution in [2.75, 3.05) is 0 Å². The summed E-state index contributed by atoms with van der Waals surface area (Å²) in [5.41, 5.74) is 9.07. The Morgan fingerprint density at radius 2 is 0.767 bits per heavy atom. The van der Waals surface area contributed by atoms with E-state index in [0.29, 0.717) is 0 Å². The van der Waals surface area contributed by atoms with Crippen LogP contribution in [-0.2, 0) is 0 Å². The third kappa shape index (κ3) is 5.92. The van der Waals surface area contributed by atoms with Gasteiger partial charge < -0.3 is 0 Å². The molecule has 0 saturated heterocycles. The van der Waals surface area contributed by atoms with Gasteiger partial charge in [-0.1, -0.05) is 139 Å². The van der Waals surface area contributed by atoms with Crippen LogP contribution in [0.3, 0.4) is 0 Å². The fourth-order valence-corrected chi connectivity index (χ4v) is 6.49. The summed E-state index contributed by atoms with van der Waals surface area (Å²) in [4.78, 5) is 2.44. The minimum absolute atomic E-state index is 0.829. The second kappa shape index (κ2) is 12.4. The van der Waals surface area contributed by atoms with Crippen LogP contribution in [0, 0.1) is 0 Å². The molecule has 0 saturated carbocycles. The molecule has 0 atom stereocenters. The molecule has 204 valence electrons. The van der Waals surface area contributed by atoms with Gasteiger partial charge in [0.05, 0.1) is 23.3 Å². The van der Waals surface area contributed by atoms with Gasteiger partial charge in [-0.2, -0.15) is 0 Å². The third-order valence-electron chi connectivity index (χ3n) is 7.46. The summed E-state index contributed by atoms with van der Waals surface area (Å²) < 4.78 is 6.59. The molecule has 0 N–H and O–H groups in total. The van der Waals surface area contributed by atoms with E-state index in [1.807, 2.05) is 23.9 Å². The Kier molecular flexibility index (Phi) is 7.68. The smallest absolute Gasteiger partial charge is 0.207 e. The summed E-state index contributed by atoms with van der Waals surface area (Å²) >= 11 is 1.82. The SMILES string of the molecule is C1=C(c2ccccc2)SC(c2ccccc2)=CC1=C(c1ccccc1)c1cc(-c2ccccc2)[o+]c(-c2ccccc2)c1. The van der Waals surface area contributed by atoms with Crippen molar-refractivity contribution in [2.24, 2.45) is 0 Å². The molecule has 0 spiro atoms. The highest BCUT2D eigenvalue weighted by Gasteiger charge is 2.24. The van der Waals surface area contributed by atoms with Crippen molar-refractivity contribution < 1.29 is 4.42 Å². The van der Waals surface area contributed by atoms with Crippen molar-refractivity contribution in [3.05, 3.63) is 204 Å². The van der Waals surface area contributed by atoms with Crippen LogP contribution >= 0.6 is 11.8 Å². The Balaban J connectivity index is 1.53. The van der Waals surface area contributed by atoms with Crippen LogP contribution in [-0.4, -0.2) is 0 Å². The standard InChI is InChI=1S/C41H29OS/c1-6-16-30(17-7-1)37-26-35(27-38(42-37)31-18-8-2-9-19-31)41(34-24-14-5-15-25-34)36-28-39(32-20-10-3-11-21-32)43-40(29-36)33-22-12-4-13-23-33/h1-29H/q+1. The lowest BCUT2D eigenvalue weighted by Gasteiger charge is -2.20. The maximum atomic E-state index is 6.59. The predicted octanol–water partition coefficient (Wildman–Crippen LogP) is 11.5. The summed E-state index contributed by atoms with van der Waals surface area (Å²) in [6, 6.07) is 57.1. The van der Waals surface area contributed by atoms with E-state index in [0.717, 1.165) is 44.9 Å². The van der Waals surface area contributed by atoms with Crippen LogP contribution in [0.1, 0.15) is 22.3 Å². The molecular weight excluding hydrogens is 541 g/mol. The molecule has 43 heavy (non-hydrogen) atoms. The lowest BCUT2D eigenvalue weighted by molar-refractivity contribution is 0.581. The topological polar surface area (TPSA) is 11.3 Å². The number of hydrogen-bond donors (Lipinski definition) is 0. The van der Waals surface area contributed by atoms with Crippen LogP contribution in [0.4, 0.5) is 0 Å². The van der Waals surface area contributed by atoms with Crippen LogP contribution in [0.15, 0.2) is 186 Å². The van der Waals surface area contributed by atoms with Gasteiger partial charge in [-0.25, -0.2) is 4.42 Å². The molecule has 1 aliphatic heterocycles. The highest BCUT2D eigenvalue weighted by Crippen LogP contribution is 2.46. The Labute approximate surface area is 257 Å². The van der Waals surface area contributed by atoms with Crippen LogP contribution in [0.5, 0.6) is 0 Å². The molecule has 0 bridgehead atoms. The second-order valence-corrected chi connectivity index (χ2v) is 11.4. The first-order chi connectivity index (χ1) is 21.3. The minimum Gasteiger partial charge on any atom is -0.207 e. The van der Waals surface area contributed by atoms with Crippen molar-refractivity contribution in [1.82, 2.24) is 0 Å². The van der Waals surface area contributed by atoms with Crippen LogP contribution < -0.4 is 0 Å². The van der Waals surface area contributed by atoms with E-state index in [1.54, 1.807) is 0 Å². The van der Waals surface area contributed by atoms with Crippen molar-refractivity contribution in [3.8, 4) is 22.6 Å². The lowest BCUT2D eigenvalue weighted by Crippen LogP contribution is -1.98. The Bertz CT molecular complexity index is 1830. The van der Waals surface area contributed by atoms with E-state index in [4.69, 9.17) is 4.42 Å². The highest BCUT2D eigenvalue weighted by atomic mass is 32.2. The number of hydrogen-bond acceptors (Lipinski definition) is 1. The summed E-state index contributed by atoms with van der Waals surface area (Å²) in [7, 11) is 0. The first kappa shape index (κ1) is 26.7. The summed E-state index contributed by atoms with van der Waals surface area (Å²) in [6.45, 7) is 0. The molecule has 1 aromatic heterocycles. The maximum Gasteiger partial charge on any atom is 0.361 e. The normalized spacial score (nSPS) is 12.8. The van der Waals surface area contributed by atoms with Gasteiger partial charge in [0.15, 0.2) is 0 Å². The third-order valence-corrected chi connectivity index (χ3v) is 8.61. The summed E-state index contributed by atoms with van der Waals surface area (Å²) in [5, 5.41) is 0. The molecule has 0 unspecified atom stereocenters. The summed E-state index contributed by atoms with van der Waals surface area (Å²) in [6.07, 6.45) is 4.67. The van der Waals surface area contributed by atoms with Gasteiger partial charge in [-0.15, -0.1) is 0 Å². The average molecular weight is 570 g/mol. The zero-order chi connectivity index (χ0) is 28.8. The lowest BCUT2D eigenvalue weighted by atomic mass is 9.90. The zero-order valence-corrected chi connectivity index (χ0v) is 24.4. The molecule has 2 heteroatoms. The molecule has 0 amide bonds. The number of rotatable bonds is 6. The van der Waals surface area contributed by atoms with Gasteiger partial charge >= 0.3 is 11.5 Å². The molecule has 2 heterocycles. The van der Waals surface area contributed by atoms with Gasteiger partial charge in [0.1, 0.15) is 0 Å².